The zero-order valence-electron chi connectivity index (χ0n) is 16.5. The van der Waals surface area contributed by atoms with Gasteiger partial charge in [-0.05, 0) is 38.3 Å². The van der Waals surface area contributed by atoms with Gasteiger partial charge in [0.15, 0.2) is 0 Å². The second-order valence-corrected chi connectivity index (χ2v) is 7.51. The van der Waals surface area contributed by atoms with Gasteiger partial charge in [-0.3, -0.25) is 4.79 Å². The van der Waals surface area contributed by atoms with E-state index in [1.807, 2.05) is 0 Å². The van der Waals surface area contributed by atoms with Crippen LogP contribution < -0.4 is 16.0 Å². The molecule has 9 heteroatoms. The summed E-state index contributed by atoms with van der Waals surface area (Å²) < 4.78 is 41.3. The van der Waals surface area contributed by atoms with Gasteiger partial charge in [-0.25, -0.2) is 23.1 Å². The Morgan fingerprint density at radius 3 is 2.52 bits per heavy atom. The molecule has 1 fully saturated rings. The summed E-state index contributed by atoms with van der Waals surface area (Å²) >= 11 is 0. The predicted octanol–water partition coefficient (Wildman–Crippen LogP) is 4.38. The maximum absolute atomic E-state index is 14.7. The van der Waals surface area contributed by atoms with Crippen molar-refractivity contribution in [2.75, 3.05) is 17.7 Å². The molecule has 0 aliphatic heterocycles. The van der Waals surface area contributed by atoms with Gasteiger partial charge in [0.05, 0.1) is 17.3 Å². The van der Waals surface area contributed by atoms with Crippen molar-refractivity contribution < 1.29 is 18.0 Å². The van der Waals surface area contributed by atoms with Crippen LogP contribution in [0.5, 0.6) is 0 Å². The van der Waals surface area contributed by atoms with Crippen LogP contribution in [0.15, 0.2) is 30.6 Å². The van der Waals surface area contributed by atoms with Crippen molar-refractivity contribution >= 4 is 23.2 Å². The van der Waals surface area contributed by atoms with Crippen molar-refractivity contribution in [3.05, 3.63) is 41.7 Å². The number of halogens is 3. The Hall–Kier alpha value is -2.84. The lowest BCUT2D eigenvalue weighted by molar-refractivity contribution is 0.0171. The number of hydrogen-bond donors (Lipinski definition) is 3. The molecule has 3 N–H and O–H groups in total. The van der Waals surface area contributed by atoms with E-state index in [2.05, 4.69) is 25.9 Å². The maximum Gasteiger partial charge on any atom is 0.272 e. The fraction of sp³-hybridized carbons (Fsp3) is 0.450. The number of alkyl halides is 3. The highest BCUT2D eigenvalue weighted by Crippen LogP contribution is 2.36. The lowest BCUT2D eigenvalue weighted by Gasteiger charge is -2.26. The number of hydrogen-bond acceptors (Lipinski definition) is 5. The topological polar surface area (TPSA) is 78.9 Å². The van der Waals surface area contributed by atoms with Crippen molar-refractivity contribution in [1.29, 1.82) is 0 Å². The number of nitrogens with one attached hydrogen (secondary N) is 3. The molecular formula is C20H24F3N5O. The first-order valence-electron chi connectivity index (χ1n) is 9.39. The van der Waals surface area contributed by atoms with Gasteiger partial charge < -0.3 is 16.0 Å². The van der Waals surface area contributed by atoms with Gasteiger partial charge >= 0.3 is 0 Å². The van der Waals surface area contributed by atoms with Crippen molar-refractivity contribution in [3.63, 3.8) is 0 Å². The lowest BCUT2D eigenvalue weighted by Crippen LogP contribution is -2.36. The molecule has 0 radical (unpaired) electrons. The van der Waals surface area contributed by atoms with Crippen LogP contribution in [0, 0.1) is 0 Å². The molecule has 2 heterocycles. The van der Waals surface area contributed by atoms with E-state index in [1.165, 1.54) is 25.4 Å². The number of rotatable bonds is 6. The van der Waals surface area contributed by atoms with Crippen LogP contribution in [-0.2, 0) is 5.92 Å². The molecule has 6 nitrogen and oxygen atoms in total. The summed E-state index contributed by atoms with van der Waals surface area (Å²) in [6.45, 7) is 2.35. The summed E-state index contributed by atoms with van der Waals surface area (Å²) in [6, 6.07) is 3.86. The third-order valence-corrected chi connectivity index (χ3v) is 5.12. The van der Waals surface area contributed by atoms with Crippen LogP contribution in [0.25, 0.3) is 0 Å². The largest absolute Gasteiger partial charge is 0.378 e. The van der Waals surface area contributed by atoms with Gasteiger partial charge in [0.2, 0.25) is 0 Å². The van der Waals surface area contributed by atoms with Gasteiger partial charge in [-0.15, -0.1) is 0 Å². The molecule has 1 unspecified atom stereocenters. The summed E-state index contributed by atoms with van der Waals surface area (Å²) in [6.07, 6.45) is 4.33. The van der Waals surface area contributed by atoms with Crippen LogP contribution >= 0.6 is 0 Å². The fourth-order valence-corrected chi connectivity index (χ4v) is 3.35. The molecule has 2 aromatic heterocycles. The average molecular weight is 407 g/mol. The maximum atomic E-state index is 14.7. The van der Waals surface area contributed by atoms with E-state index in [4.69, 9.17) is 0 Å². The van der Waals surface area contributed by atoms with Crippen LogP contribution in [0.3, 0.4) is 0 Å². The van der Waals surface area contributed by atoms with E-state index in [0.29, 0.717) is 30.2 Å². The van der Waals surface area contributed by atoms with E-state index in [1.54, 1.807) is 13.0 Å². The lowest BCUT2D eigenvalue weighted by atomic mass is 10.0. The Morgan fingerprint density at radius 2 is 1.97 bits per heavy atom. The average Bonchev–Trinajstić information content (AvgIpc) is 2.99. The number of pyridine rings is 2. The molecule has 1 aliphatic carbocycles. The normalized spacial score (nSPS) is 21.7. The van der Waals surface area contributed by atoms with Crippen LogP contribution in [-0.4, -0.2) is 34.6 Å². The van der Waals surface area contributed by atoms with Crippen molar-refractivity contribution in [1.82, 2.24) is 15.3 Å². The molecule has 0 bridgehead atoms. The third-order valence-electron chi connectivity index (χ3n) is 5.12. The highest BCUT2D eigenvalue weighted by Gasteiger charge is 2.39. The van der Waals surface area contributed by atoms with Crippen molar-refractivity contribution in [2.45, 2.75) is 50.7 Å². The molecule has 3 rings (SSSR count). The summed E-state index contributed by atoms with van der Waals surface area (Å²) in [7, 11) is 1.50. The predicted molar refractivity (Wildman–Crippen MR) is 105 cm³/mol. The minimum absolute atomic E-state index is 0.197. The minimum Gasteiger partial charge on any atom is -0.378 e. The number of aromatic nitrogens is 2. The molecule has 1 aliphatic rings. The molecule has 2 atom stereocenters. The number of carbonyl (C=O) groups is 1. The van der Waals surface area contributed by atoms with Crippen LogP contribution in [0.1, 0.15) is 49.0 Å². The highest BCUT2D eigenvalue weighted by atomic mass is 19.3. The first-order chi connectivity index (χ1) is 13.6. The standard InChI is InChI=1S/C20H24F3N5O/c1-19(21)8-4-5-15(19)27-14-9-17(26-11-13(14)18(29)24-3)28-16-7-6-12(10-25-16)20(2,22)23/h6-7,9-11,15H,4-5,8H2,1-3H3,(H,24,29)(H2,25,26,27,28)/t15-,19?/m1/s1. The molecule has 0 aromatic carbocycles. The molecule has 1 amide bonds. The van der Waals surface area contributed by atoms with E-state index in [9.17, 15) is 18.0 Å². The van der Waals surface area contributed by atoms with Crippen LogP contribution in [0.4, 0.5) is 30.5 Å². The zero-order chi connectivity index (χ0) is 21.2. The molecular weight excluding hydrogens is 383 g/mol. The summed E-state index contributed by atoms with van der Waals surface area (Å²) in [5.41, 5.74) is -0.847. The quantitative estimate of drug-likeness (QED) is 0.662. The highest BCUT2D eigenvalue weighted by molar-refractivity contribution is 5.99. The van der Waals surface area contributed by atoms with Crippen molar-refractivity contribution in [2.24, 2.45) is 0 Å². The molecule has 0 saturated heterocycles. The van der Waals surface area contributed by atoms with E-state index in [-0.39, 0.29) is 17.0 Å². The summed E-state index contributed by atoms with van der Waals surface area (Å²) in [5.74, 6) is -2.66. The third kappa shape index (κ3) is 4.78. The number of amides is 1. The molecule has 29 heavy (non-hydrogen) atoms. The monoisotopic (exact) mass is 407 g/mol. The second kappa shape index (κ2) is 7.88. The molecule has 1 saturated carbocycles. The van der Waals surface area contributed by atoms with Gasteiger partial charge in [0.1, 0.15) is 17.3 Å². The van der Waals surface area contributed by atoms with E-state index >= 15 is 0 Å². The minimum atomic E-state index is -2.98. The van der Waals surface area contributed by atoms with Gasteiger partial charge in [0, 0.05) is 38.0 Å². The fourth-order valence-electron chi connectivity index (χ4n) is 3.35. The Balaban J connectivity index is 1.85. The summed E-state index contributed by atoms with van der Waals surface area (Å²) in [4.78, 5) is 20.4. The SMILES string of the molecule is CNC(=O)c1cnc(Nc2ccc(C(C)(F)F)cn2)cc1N[C@@H]1CCCC1(C)F. The van der Waals surface area contributed by atoms with Gasteiger partial charge in [-0.2, -0.15) is 0 Å². The molecule has 2 aromatic rings. The number of nitrogens with zero attached hydrogens (tertiary/aromatic N) is 2. The van der Waals surface area contributed by atoms with Gasteiger partial charge in [-0.1, -0.05) is 0 Å². The summed E-state index contributed by atoms with van der Waals surface area (Å²) in [5, 5.41) is 8.60. The zero-order valence-corrected chi connectivity index (χ0v) is 16.5. The number of anilines is 3. The Morgan fingerprint density at radius 1 is 1.24 bits per heavy atom. The first-order valence-corrected chi connectivity index (χ1v) is 9.39. The van der Waals surface area contributed by atoms with Crippen LogP contribution in [0.2, 0.25) is 0 Å². The van der Waals surface area contributed by atoms with Crippen molar-refractivity contribution in [3.8, 4) is 0 Å². The van der Waals surface area contributed by atoms with E-state index in [0.717, 1.165) is 19.5 Å². The Kier molecular flexibility index (Phi) is 5.68. The molecule has 0 spiro atoms. The van der Waals surface area contributed by atoms with E-state index < -0.39 is 17.6 Å². The van der Waals surface area contributed by atoms with Gasteiger partial charge in [0.25, 0.3) is 11.8 Å². The smallest absolute Gasteiger partial charge is 0.272 e. The molecule has 156 valence electrons. The first kappa shape index (κ1) is 20.9. The number of carbonyl (C=O) groups excluding carboxylic acids is 1. The Labute approximate surface area is 167 Å². The Bertz CT molecular complexity index is 881. The second-order valence-electron chi connectivity index (χ2n) is 7.51.